The fraction of sp³-hybridized carbons (Fsp3) is 0.286. The maximum absolute atomic E-state index is 13.6. The number of fused-ring (bicyclic) bond motifs is 2. The van der Waals surface area contributed by atoms with Crippen molar-refractivity contribution in [2.24, 2.45) is 0 Å². The van der Waals surface area contributed by atoms with Gasteiger partial charge in [0, 0.05) is 17.5 Å². The van der Waals surface area contributed by atoms with E-state index in [2.05, 4.69) is 20.9 Å². The van der Waals surface area contributed by atoms with Gasteiger partial charge in [0.25, 0.3) is 0 Å². The summed E-state index contributed by atoms with van der Waals surface area (Å²) >= 11 is 0. The lowest BCUT2D eigenvalue weighted by Crippen LogP contribution is -2.40. The van der Waals surface area contributed by atoms with Crippen LogP contribution in [0.1, 0.15) is 63.3 Å². The summed E-state index contributed by atoms with van der Waals surface area (Å²) in [7, 11) is 0. The Labute approximate surface area is 206 Å². The Balaban J connectivity index is 1.29. The van der Waals surface area contributed by atoms with Gasteiger partial charge in [-0.15, -0.1) is 8.78 Å². The second kappa shape index (κ2) is 8.13. The van der Waals surface area contributed by atoms with Crippen LogP contribution >= 0.6 is 0 Å². The predicted molar refractivity (Wildman–Crippen MR) is 125 cm³/mol. The Morgan fingerprint density at radius 2 is 1.83 bits per heavy atom. The van der Waals surface area contributed by atoms with Crippen molar-refractivity contribution < 1.29 is 32.6 Å². The number of amides is 1. The Morgan fingerprint density at radius 3 is 2.61 bits per heavy atom. The van der Waals surface area contributed by atoms with Gasteiger partial charge in [0.15, 0.2) is 17.7 Å². The number of benzene rings is 3. The molecule has 2 aliphatic heterocycles. The number of carbonyl (C=O) groups excluding carboxylic acids is 2. The van der Waals surface area contributed by atoms with Gasteiger partial charge in [0.05, 0.1) is 11.5 Å². The van der Waals surface area contributed by atoms with E-state index in [-0.39, 0.29) is 23.5 Å². The molecule has 0 aromatic heterocycles. The molecular formula is C28H23F2NO5. The molecule has 6 rings (SSSR count). The molecule has 3 aromatic carbocycles. The van der Waals surface area contributed by atoms with Gasteiger partial charge in [-0.2, -0.15) is 0 Å². The zero-order chi connectivity index (χ0) is 25.1. The molecule has 8 heteroatoms. The molecule has 0 spiro atoms. The van der Waals surface area contributed by atoms with Crippen LogP contribution in [0.2, 0.25) is 0 Å². The topological polar surface area (TPSA) is 73.9 Å². The summed E-state index contributed by atoms with van der Waals surface area (Å²) in [6.45, 7) is 2.01. The Hall–Kier alpha value is -3.78. The first-order chi connectivity index (χ1) is 17.3. The zero-order valence-electron chi connectivity index (χ0n) is 19.4. The highest BCUT2D eigenvalue weighted by molar-refractivity contribution is 5.91. The number of halogens is 2. The molecule has 2 heterocycles. The first kappa shape index (κ1) is 22.7. The lowest BCUT2D eigenvalue weighted by molar-refractivity contribution is -0.286. The number of nitrogens with one attached hydrogen (secondary N) is 1. The van der Waals surface area contributed by atoms with Crippen LogP contribution in [0.15, 0.2) is 60.7 Å². The van der Waals surface area contributed by atoms with Gasteiger partial charge >= 0.3 is 6.29 Å². The molecule has 0 bridgehead atoms. The lowest BCUT2D eigenvalue weighted by Gasteiger charge is -2.34. The smallest absolute Gasteiger partial charge is 0.395 e. The van der Waals surface area contributed by atoms with Crippen molar-refractivity contribution in [3.05, 3.63) is 94.0 Å². The fourth-order valence-electron chi connectivity index (χ4n) is 5.07. The molecule has 2 atom stereocenters. The van der Waals surface area contributed by atoms with Crippen molar-refractivity contribution in [1.82, 2.24) is 5.32 Å². The second-order valence-corrected chi connectivity index (χ2v) is 9.58. The van der Waals surface area contributed by atoms with Crippen LogP contribution in [-0.4, -0.2) is 18.5 Å². The largest absolute Gasteiger partial charge is 0.586 e. The minimum Gasteiger partial charge on any atom is -0.395 e. The third-order valence-corrected chi connectivity index (χ3v) is 7.11. The molecule has 1 aliphatic carbocycles. The minimum absolute atomic E-state index is 0.0553. The SMILES string of the molecule is Cc1ccc2c(c1)C[C@H](c1cccc(C=O)c1)O[C@H]2NC(=O)C1(c2ccc3c(c2)OC(F)(F)O3)CC1. The van der Waals surface area contributed by atoms with Crippen LogP contribution in [0, 0.1) is 6.92 Å². The van der Waals surface area contributed by atoms with E-state index in [9.17, 15) is 18.4 Å². The molecule has 1 N–H and O–H groups in total. The van der Waals surface area contributed by atoms with Gasteiger partial charge in [-0.1, -0.05) is 48.0 Å². The monoisotopic (exact) mass is 491 g/mol. The van der Waals surface area contributed by atoms with E-state index in [0.29, 0.717) is 30.4 Å². The summed E-state index contributed by atoms with van der Waals surface area (Å²) in [5.74, 6) is -0.381. The molecule has 6 nitrogen and oxygen atoms in total. The van der Waals surface area contributed by atoms with Gasteiger partial charge in [-0.25, -0.2) is 0 Å². The molecule has 184 valence electrons. The summed E-state index contributed by atoms with van der Waals surface area (Å²) in [5.41, 5.74) is 4.17. The highest BCUT2D eigenvalue weighted by Gasteiger charge is 2.53. The van der Waals surface area contributed by atoms with Crippen LogP contribution < -0.4 is 14.8 Å². The van der Waals surface area contributed by atoms with Crippen molar-refractivity contribution in [2.75, 3.05) is 0 Å². The number of hydrogen-bond donors (Lipinski definition) is 1. The van der Waals surface area contributed by atoms with E-state index in [1.807, 2.05) is 31.2 Å². The van der Waals surface area contributed by atoms with E-state index in [1.54, 1.807) is 18.2 Å². The summed E-state index contributed by atoms with van der Waals surface area (Å²) in [6, 6.07) is 17.7. The average molecular weight is 491 g/mol. The summed E-state index contributed by atoms with van der Waals surface area (Å²) in [4.78, 5) is 24.9. The minimum atomic E-state index is -3.71. The fourth-order valence-corrected chi connectivity index (χ4v) is 5.07. The Morgan fingerprint density at radius 1 is 1.03 bits per heavy atom. The standard InChI is InChI=1S/C28H23F2NO5/c1-16-5-7-21-19(11-16)13-23(18-4-2-3-17(12-18)15-32)34-25(21)31-26(33)27(9-10-27)20-6-8-22-24(14-20)36-28(29,30)35-22/h2-8,11-12,14-15,23,25H,9-10,13H2,1H3,(H,31,33)/t23-,25-/m1/s1. The molecule has 0 saturated heterocycles. The van der Waals surface area contributed by atoms with E-state index in [1.165, 1.54) is 12.1 Å². The van der Waals surface area contributed by atoms with Crippen molar-refractivity contribution in [1.29, 1.82) is 0 Å². The number of carbonyl (C=O) groups is 2. The van der Waals surface area contributed by atoms with Gasteiger partial charge in [0.1, 0.15) is 6.29 Å². The Bertz CT molecular complexity index is 1380. The zero-order valence-corrected chi connectivity index (χ0v) is 19.4. The molecule has 0 unspecified atom stereocenters. The van der Waals surface area contributed by atoms with Crippen LogP contribution in [0.25, 0.3) is 0 Å². The third kappa shape index (κ3) is 3.91. The van der Waals surface area contributed by atoms with Crippen LogP contribution in [0.3, 0.4) is 0 Å². The van der Waals surface area contributed by atoms with Gasteiger partial charge in [0.2, 0.25) is 5.91 Å². The molecule has 0 radical (unpaired) electrons. The van der Waals surface area contributed by atoms with E-state index < -0.39 is 17.9 Å². The first-order valence-corrected chi connectivity index (χ1v) is 11.8. The van der Waals surface area contributed by atoms with E-state index >= 15 is 0 Å². The highest BCUT2D eigenvalue weighted by Crippen LogP contribution is 2.52. The maximum atomic E-state index is 13.6. The normalized spacial score (nSPS) is 22.4. The van der Waals surface area contributed by atoms with E-state index in [4.69, 9.17) is 4.74 Å². The number of aldehydes is 1. The van der Waals surface area contributed by atoms with Crippen LogP contribution in [0.4, 0.5) is 8.78 Å². The van der Waals surface area contributed by atoms with Crippen molar-refractivity contribution in [3.8, 4) is 11.5 Å². The molecular weight excluding hydrogens is 468 g/mol. The van der Waals surface area contributed by atoms with Crippen molar-refractivity contribution in [3.63, 3.8) is 0 Å². The highest BCUT2D eigenvalue weighted by atomic mass is 19.3. The molecule has 1 saturated carbocycles. The van der Waals surface area contributed by atoms with Gasteiger partial charge in [-0.05, 0) is 54.7 Å². The summed E-state index contributed by atoms with van der Waals surface area (Å²) in [5, 5.41) is 3.06. The summed E-state index contributed by atoms with van der Waals surface area (Å²) in [6.07, 6.45) is -2.22. The number of alkyl halides is 2. The quantitative estimate of drug-likeness (QED) is 0.491. The molecule has 1 fully saturated rings. The predicted octanol–water partition coefficient (Wildman–Crippen LogP) is 5.29. The van der Waals surface area contributed by atoms with Crippen molar-refractivity contribution >= 4 is 12.2 Å². The maximum Gasteiger partial charge on any atom is 0.586 e. The van der Waals surface area contributed by atoms with Crippen LogP contribution in [-0.2, 0) is 21.4 Å². The van der Waals surface area contributed by atoms with Gasteiger partial charge < -0.3 is 19.5 Å². The molecule has 3 aliphatic rings. The first-order valence-electron chi connectivity index (χ1n) is 11.8. The average Bonchev–Trinajstić information content (AvgIpc) is 3.60. The Kier molecular flexibility index (Phi) is 5.12. The molecule has 3 aromatic rings. The molecule has 1 amide bonds. The number of hydrogen-bond acceptors (Lipinski definition) is 5. The molecule has 36 heavy (non-hydrogen) atoms. The number of rotatable bonds is 5. The number of ether oxygens (including phenoxy) is 3. The summed E-state index contributed by atoms with van der Waals surface area (Å²) < 4.78 is 42.4. The number of aryl methyl sites for hydroxylation is 1. The van der Waals surface area contributed by atoms with Crippen LogP contribution in [0.5, 0.6) is 11.5 Å². The van der Waals surface area contributed by atoms with Gasteiger partial charge in [-0.3, -0.25) is 9.59 Å². The van der Waals surface area contributed by atoms with Crippen molar-refractivity contribution in [2.45, 2.75) is 50.2 Å². The lowest BCUT2D eigenvalue weighted by atomic mass is 9.90. The van der Waals surface area contributed by atoms with E-state index in [0.717, 1.165) is 28.5 Å². The second-order valence-electron chi connectivity index (χ2n) is 9.58. The third-order valence-electron chi connectivity index (χ3n) is 7.11.